The first-order valence-corrected chi connectivity index (χ1v) is 19.8. The molecule has 1 N–H and O–H groups in total. The van der Waals surface area contributed by atoms with E-state index in [-0.39, 0.29) is 6.61 Å². The summed E-state index contributed by atoms with van der Waals surface area (Å²) < 4.78 is 11.7. The first kappa shape index (κ1) is 41.0. The monoisotopic (exact) mass is 617 g/mol. The summed E-state index contributed by atoms with van der Waals surface area (Å²) in [6, 6.07) is 7.74. The summed E-state index contributed by atoms with van der Waals surface area (Å²) in [5, 5.41) is 9.09. The molecule has 0 saturated heterocycles. The second-order valence-electron chi connectivity index (χ2n) is 13.5. The van der Waals surface area contributed by atoms with Gasteiger partial charge >= 0.3 is 0 Å². The lowest BCUT2D eigenvalue weighted by Gasteiger charge is -2.07. The van der Waals surface area contributed by atoms with Crippen LogP contribution in [-0.4, -0.2) is 24.9 Å². The largest absolute Gasteiger partial charge is 0.494 e. The van der Waals surface area contributed by atoms with Gasteiger partial charge in [-0.1, -0.05) is 192 Å². The molecular formula is C41H76O3. The zero-order valence-corrected chi connectivity index (χ0v) is 29.6. The molecule has 0 bridgehead atoms. The molecule has 0 radical (unpaired) electrons. The Kier molecular flexibility index (Phi) is 32.4. The lowest BCUT2D eigenvalue weighted by atomic mass is 10.0. The Morgan fingerprint density at radius 2 is 0.682 bits per heavy atom. The highest BCUT2D eigenvalue weighted by Crippen LogP contribution is 2.16. The number of aliphatic hydroxyl groups is 1. The number of benzene rings is 1. The van der Waals surface area contributed by atoms with Gasteiger partial charge < -0.3 is 14.6 Å². The molecule has 0 heterocycles. The van der Waals surface area contributed by atoms with Crippen LogP contribution in [0.1, 0.15) is 205 Å². The molecule has 0 aliphatic rings. The summed E-state index contributed by atoms with van der Waals surface area (Å²) in [5.41, 5.74) is 0.932. The Bertz CT molecular complexity index is 658. The molecule has 258 valence electrons. The normalized spacial score (nSPS) is 11.4. The Morgan fingerprint density at radius 3 is 1.00 bits per heavy atom. The molecular weight excluding hydrogens is 540 g/mol. The van der Waals surface area contributed by atoms with E-state index in [0.29, 0.717) is 0 Å². The highest BCUT2D eigenvalue weighted by Gasteiger charge is 1.98. The van der Waals surface area contributed by atoms with E-state index >= 15 is 0 Å². The van der Waals surface area contributed by atoms with Gasteiger partial charge in [0.05, 0.1) is 13.2 Å². The predicted octanol–water partition coefficient (Wildman–Crippen LogP) is 13.3. The van der Waals surface area contributed by atoms with Gasteiger partial charge in [-0.2, -0.15) is 0 Å². The van der Waals surface area contributed by atoms with Crippen molar-refractivity contribution in [2.45, 2.75) is 206 Å². The minimum Gasteiger partial charge on any atom is -0.494 e. The van der Waals surface area contributed by atoms with Crippen molar-refractivity contribution in [2.75, 3.05) is 19.8 Å². The van der Waals surface area contributed by atoms with Gasteiger partial charge in [-0.15, -0.1) is 0 Å². The van der Waals surface area contributed by atoms with E-state index in [9.17, 15) is 0 Å². The maximum absolute atomic E-state index is 9.09. The fourth-order valence-electron chi connectivity index (χ4n) is 6.16. The SMILES string of the molecule is CCCCCCCCCCCCCCCCCCCCCCOCCCCCCCCCCCCOc1ccc(CO)cc1. The van der Waals surface area contributed by atoms with Crippen molar-refractivity contribution in [3.8, 4) is 5.75 Å². The Morgan fingerprint density at radius 1 is 0.386 bits per heavy atom. The molecule has 3 nitrogen and oxygen atoms in total. The Labute approximate surface area is 275 Å². The standard InChI is InChI=1S/C41H76O3/c1-2-3-4-5-6-7-8-9-10-11-12-13-14-15-16-17-20-23-26-29-36-43-37-30-27-24-21-18-19-22-25-28-31-38-44-41-34-32-40(39-42)33-35-41/h32-35,42H,2-31,36-39H2,1H3. The molecule has 0 aliphatic heterocycles. The van der Waals surface area contributed by atoms with E-state index in [1.807, 2.05) is 24.3 Å². The average Bonchev–Trinajstić information content (AvgIpc) is 3.05. The summed E-state index contributed by atoms with van der Waals surface area (Å²) in [6.45, 7) is 5.12. The van der Waals surface area contributed by atoms with Gasteiger partial charge in [0, 0.05) is 13.2 Å². The fourth-order valence-corrected chi connectivity index (χ4v) is 6.16. The van der Waals surface area contributed by atoms with E-state index < -0.39 is 0 Å². The lowest BCUT2D eigenvalue weighted by molar-refractivity contribution is 0.125. The van der Waals surface area contributed by atoms with E-state index in [1.165, 1.54) is 186 Å². The third-order valence-electron chi connectivity index (χ3n) is 9.20. The molecule has 0 aromatic heterocycles. The average molecular weight is 617 g/mol. The third kappa shape index (κ3) is 29.6. The van der Waals surface area contributed by atoms with Crippen LogP contribution >= 0.6 is 0 Å². The highest BCUT2D eigenvalue weighted by molar-refractivity contribution is 5.26. The van der Waals surface area contributed by atoms with Crippen LogP contribution in [-0.2, 0) is 11.3 Å². The summed E-state index contributed by atoms with van der Waals surface area (Å²) in [4.78, 5) is 0. The van der Waals surface area contributed by atoms with Crippen LogP contribution in [0.2, 0.25) is 0 Å². The minimum absolute atomic E-state index is 0.0917. The van der Waals surface area contributed by atoms with Gasteiger partial charge in [-0.25, -0.2) is 0 Å². The van der Waals surface area contributed by atoms with Crippen LogP contribution in [0, 0.1) is 0 Å². The van der Waals surface area contributed by atoms with Crippen LogP contribution in [0.15, 0.2) is 24.3 Å². The van der Waals surface area contributed by atoms with E-state index in [2.05, 4.69) is 6.92 Å². The van der Waals surface area contributed by atoms with Crippen LogP contribution < -0.4 is 4.74 Å². The molecule has 3 heteroatoms. The van der Waals surface area contributed by atoms with Gasteiger partial charge in [0.1, 0.15) is 5.75 Å². The number of aliphatic hydroxyl groups excluding tert-OH is 1. The molecule has 44 heavy (non-hydrogen) atoms. The minimum atomic E-state index is 0.0917. The van der Waals surface area contributed by atoms with Gasteiger partial charge in [0.15, 0.2) is 0 Å². The van der Waals surface area contributed by atoms with Crippen LogP contribution in [0.3, 0.4) is 0 Å². The van der Waals surface area contributed by atoms with E-state index in [0.717, 1.165) is 37.6 Å². The maximum Gasteiger partial charge on any atom is 0.119 e. The highest BCUT2D eigenvalue weighted by atomic mass is 16.5. The third-order valence-corrected chi connectivity index (χ3v) is 9.20. The zero-order valence-electron chi connectivity index (χ0n) is 29.6. The van der Waals surface area contributed by atoms with Gasteiger partial charge in [-0.05, 0) is 37.0 Å². The summed E-state index contributed by atoms with van der Waals surface area (Å²) in [6.07, 6.45) is 41.9. The predicted molar refractivity (Wildman–Crippen MR) is 193 cm³/mol. The van der Waals surface area contributed by atoms with Crippen LogP contribution in [0.5, 0.6) is 5.75 Å². The number of hydrogen-bond acceptors (Lipinski definition) is 3. The fraction of sp³-hybridized carbons (Fsp3) is 0.854. The topological polar surface area (TPSA) is 38.7 Å². The molecule has 0 saturated carbocycles. The van der Waals surface area contributed by atoms with Crippen molar-refractivity contribution in [3.05, 3.63) is 29.8 Å². The van der Waals surface area contributed by atoms with Crippen molar-refractivity contribution in [3.63, 3.8) is 0 Å². The molecule has 0 spiro atoms. The quantitative estimate of drug-likeness (QED) is 0.0762. The molecule has 0 aliphatic carbocycles. The van der Waals surface area contributed by atoms with Crippen molar-refractivity contribution < 1.29 is 14.6 Å². The van der Waals surface area contributed by atoms with Crippen molar-refractivity contribution in [2.24, 2.45) is 0 Å². The molecule has 1 aromatic carbocycles. The van der Waals surface area contributed by atoms with Gasteiger partial charge in [0.25, 0.3) is 0 Å². The first-order valence-electron chi connectivity index (χ1n) is 19.8. The number of rotatable bonds is 36. The van der Waals surface area contributed by atoms with Gasteiger partial charge in [-0.3, -0.25) is 0 Å². The second kappa shape index (κ2) is 34.8. The smallest absolute Gasteiger partial charge is 0.119 e. The van der Waals surface area contributed by atoms with E-state index in [1.54, 1.807) is 0 Å². The van der Waals surface area contributed by atoms with Crippen LogP contribution in [0.4, 0.5) is 0 Å². The molecule has 0 atom stereocenters. The summed E-state index contributed by atoms with van der Waals surface area (Å²) in [5.74, 6) is 0.906. The van der Waals surface area contributed by atoms with Crippen molar-refractivity contribution in [1.29, 1.82) is 0 Å². The maximum atomic E-state index is 9.09. The first-order chi connectivity index (χ1) is 21.9. The molecule has 0 amide bonds. The lowest BCUT2D eigenvalue weighted by Crippen LogP contribution is -1.97. The second-order valence-corrected chi connectivity index (χ2v) is 13.5. The number of hydrogen-bond donors (Lipinski definition) is 1. The van der Waals surface area contributed by atoms with Crippen molar-refractivity contribution in [1.82, 2.24) is 0 Å². The Balaban J connectivity index is 1.64. The number of unbranched alkanes of at least 4 members (excludes halogenated alkanes) is 28. The molecule has 1 aromatic rings. The molecule has 0 fully saturated rings. The van der Waals surface area contributed by atoms with Crippen molar-refractivity contribution >= 4 is 0 Å². The molecule has 1 rings (SSSR count). The Hall–Kier alpha value is -1.06. The van der Waals surface area contributed by atoms with Gasteiger partial charge in [0.2, 0.25) is 0 Å². The van der Waals surface area contributed by atoms with E-state index in [4.69, 9.17) is 14.6 Å². The summed E-state index contributed by atoms with van der Waals surface area (Å²) >= 11 is 0. The summed E-state index contributed by atoms with van der Waals surface area (Å²) in [7, 11) is 0. The molecule has 0 unspecified atom stereocenters. The zero-order chi connectivity index (χ0) is 31.4. The number of ether oxygens (including phenoxy) is 2. The van der Waals surface area contributed by atoms with Crippen LogP contribution in [0.25, 0.3) is 0 Å².